The number of halogens is 1. The molecule has 0 saturated heterocycles. The molecule has 0 saturated carbocycles. The Hall–Kier alpha value is -2.92. The molecule has 0 bridgehead atoms. The number of fused-ring (bicyclic) bond motifs is 1. The predicted molar refractivity (Wildman–Crippen MR) is 118 cm³/mol. The summed E-state index contributed by atoms with van der Waals surface area (Å²) in [4.78, 5) is 12.7. The summed E-state index contributed by atoms with van der Waals surface area (Å²) in [5.74, 6) is 1.33. The van der Waals surface area contributed by atoms with Crippen LogP contribution in [0.3, 0.4) is 0 Å². The Bertz CT molecular complexity index is 1030. The van der Waals surface area contributed by atoms with Crippen LogP contribution in [0.15, 0.2) is 48.5 Å². The van der Waals surface area contributed by atoms with Gasteiger partial charge in [-0.25, -0.2) is 0 Å². The molecule has 0 heterocycles. The minimum Gasteiger partial charge on any atom is -0.490 e. The highest BCUT2D eigenvalue weighted by molar-refractivity contribution is 6.31. The summed E-state index contributed by atoms with van der Waals surface area (Å²) >= 11 is 6.25. The molecular formula is C24H25ClO5. The van der Waals surface area contributed by atoms with Crippen molar-refractivity contribution in [2.24, 2.45) is 5.92 Å². The molecule has 0 aliphatic rings. The fourth-order valence-corrected chi connectivity index (χ4v) is 3.30. The van der Waals surface area contributed by atoms with Crippen molar-refractivity contribution in [2.75, 3.05) is 20.8 Å². The van der Waals surface area contributed by atoms with Crippen LogP contribution in [0, 0.1) is 5.92 Å². The standard InChI is InChI=1S/C24H25ClO5/c1-15(2)14-29-21-18-11-10-17(25)13-19(18)22(24(28-4)23(21)27-3)30-20(26)12-16-8-6-5-7-9-16/h5-11,13,15H,12,14H2,1-4H3. The number of benzene rings is 3. The van der Waals surface area contributed by atoms with Gasteiger partial charge in [0.25, 0.3) is 0 Å². The Morgan fingerprint density at radius 3 is 2.20 bits per heavy atom. The van der Waals surface area contributed by atoms with Gasteiger partial charge in [-0.05, 0) is 29.7 Å². The summed E-state index contributed by atoms with van der Waals surface area (Å²) in [7, 11) is 3.02. The van der Waals surface area contributed by atoms with Crippen molar-refractivity contribution < 1.29 is 23.7 Å². The lowest BCUT2D eigenvalue weighted by Crippen LogP contribution is -2.13. The summed E-state index contributed by atoms with van der Waals surface area (Å²) < 4.78 is 23.0. The first kappa shape index (κ1) is 21.8. The van der Waals surface area contributed by atoms with Crippen molar-refractivity contribution in [3.63, 3.8) is 0 Å². The smallest absolute Gasteiger partial charge is 0.315 e. The van der Waals surface area contributed by atoms with Crippen LogP contribution in [-0.4, -0.2) is 26.8 Å². The van der Waals surface area contributed by atoms with Crippen LogP contribution in [0.1, 0.15) is 19.4 Å². The largest absolute Gasteiger partial charge is 0.490 e. The first-order valence-corrected chi connectivity index (χ1v) is 10.1. The topological polar surface area (TPSA) is 54.0 Å². The fourth-order valence-electron chi connectivity index (χ4n) is 3.13. The van der Waals surface area contributed by atoms with Gasteiger partial charge in [-0.3, -0.25) is 4.79 Å². The molecule has 5 nitrogen and oxygen atoms in total. The van der Waals surface area contributed by atoms with Gasteiger partial charge in [0.15, 0.2) is 11.5 Å². The molecule has 158 valence electrons. The van der Waals surface area contributed by atoms with Crippen molar-refractivity contribution >= 4 is 28.3 Å². The highest BCUT2D eigenvalue weighted by Crippen LogP contribution is 2.51. The van der Waals surface area contributed by atoms with Gasteiger partial charge in [0.1, 0.15) is 0 Å². The number of carbonyl (C=O) groups excluding carboxylic acids is 1. The number of hydrogen-bond acceptors (Lipinski definition) is 5. The van der Waals surface area contributed by atoms with Crippen molar-refractivity contribution in [3.8, 4) is 23.0 Å². The molecule has 0 atom stereocenters. The van der Waals surface area contributed by atoms with Crippen LogP contribution in [0.2, 0.25) is 5.02 Å². The van der Waals surface area contributed by atoms with Gasteiger partial charge < -0.3 is 18.9 Å². The van der Waals surface area contributed by atoms with Crippen LogP contribution in [-0.2, 0) is 11.2 Å². The molecule has 0 radical (unpaired) electrons. The molecule has 0 aromatic heterocycles. The Morgan fingerprint density at radius 1 is 0.900 bits per heavy atom. The normalized spacial score (nSPS) is 10.9. The third kappa shape index (κ3) is 4.79. The molecule has 30 heavy (non-hydrogen) atoms. The maximum absolute atomic E-state index is 12.7. The molecule has 0 amide bonds. The van der Waals surface area contributed by atoms with E-state index in [1.807, 2.05) is 36.4 Å². The zero-order chi connectivity index (χ0) is 21.7. The molecule has 0 N–H and O–H groups in total. The van der Waals surface area contributed by atoms with Gasteiger partial charge in [-0.1, -0.05) is 55.8 Å². The zero-order valence-electron chi connectivity index (χ0n) is 17.5. The van der Waals surface area contributed by atoms with Gasteiger partial charge in [-0.15, -0.1) is 0 Å². The maximum Gasteiger partial charge on any atom is 0.315 e. The molecule has 0 aliphatic heterocycles. The van der Waals surface area contributed by atoms with E-state index in [0.717, 1.165) is 10.9 Å². The first-order valence-electron chi connectivity index (χ1n) is 9.69. The second-order valence-corrected chi connectivity index (χ2v) is 7.69. The molecule has 3 aromatic rings. The van der Waals surface area contributed by atoms with E-state index in [9.17, 15) is 4.79 Å². The molecule has 3 rings (SSSR count). The van der Waals surface area contributed by atoms with Crippen LogP contribution < -0.4 is 18.9 Å². The molecule has 0 unspecified atom stereocenters. The van der Waals surface area contributed by atoms with Crippen LogP contribution in [0.25, 0.3) is 10.8 Å². The summed E-state index contributed by atoms with van der Waals surface area (Å²) in [6.45, 7) is 4.61. The third-order valence-electron chi connectivity index (χ3n) is 4.47. The molecule has 0 spiro atoms. The SMILES string of the molecule is COc1c(OC)c(OC(=O)Cc2ccccc2)c2cc(Cl)ccc2c1OCC(C)C. The van der Waals surface area contributed by atoms with E-state index in [2.05, 4.69) is 13.8 Å². The van der Waals surface area contributed by atoms with Crippen LogP contribution >= 0.6 is 11.6 Å². The zero-order valence-corrected chi connectivity index (χ0v) is 18.3. The predicted octanol–water partition coefficient (Wildman–Crippen LogP) is 5.69. The Kier molecular flexibility index (Phi) is 7.06. The molecule has 3 aromatic carbocycles. The number of rotatable bonds is 8. The average molecular weight is 429 g/mol. The van der Waals surface area contributed by atoms with E-state index < -0.39 is 5.97 Å². The van der Waals surface area contributed by atoms with Crippen molar-refractivity contribution in [1.82, 2.24) is 0 Å². The lowest BCUT2D eigenvalue weighted by Gasteiger charge is -2.21. The van der Waals surface area contributed by atoms with Crippen molar-refractivity contribution in [2.45, 2.75) is 20.3 Å². The van der Waals surface area contributed by atoms with E-state index in [1.54, 1.807) is 12.1 Å². The first-order chi connectivity index (χ1) is 14.4. The lowest BCUT2D eigenvalue weighted by molar-refractivity contribution is -0.133. The van der Waals surface area contributed by atoms with Crippen LogP contribution in [0.5, 0.6) is 23.0 Å². The molecule has 0 fully saturated rings. The van der Waals surface area contributed by atoms with E-state index >= 15 is 0 Å². The lowest BCUT2D eigenvalue weighted by atomic mass is 10.1. The maximum atomic E-state index is 12.7. The number of esters is 1. The summed E-state index contributed by atoms with van der Waals surface area (Å²) in [5.41, 5.74) is 0.854. The number of hydrogen-bond donors (Lipinski definition) is 0. The van der Waals surface area contributed by atoms with E-state index in [-0.39, 0.29) is 17.9 Å². The van der Waals surface area contributed by atoms with Crippen LogP contribution in [0.4, 0.5) is 0 Å². The number of ether oxygens (including phenoxy) is 4. The second kappa shape index (κ2) is 9.72. The van der Waals surface area contributed by atoms with Gasteiger partial charge in [0.05, 0.1) is 27.2 Å². The third-order valence-corrected chi connectivity index (χ3v) is 4.70. The Labute approximate surface area is 181 Å². The fraction of sp³-hybridized carbons (Fsp3) is 0.292. The summed E-state index contributed by atoms with van der Waals surface area (Å²) in [6.07, 6.45) is 0.125. The highest BCUT2D eigenvalue weighted by Gasteiger charge is 2.26. The summed E-state index contributed by atoms with van der Waals surface area (Å²) in [5, 5.41) is 1.84. The van der Waals surface area contributed by atoms with Gasteiger partial charge in [-0.2, -0.15) is 0 Å². The van der Waals surface area contributed by atoms with E-state index in [0.29, 0.717) is 34.4 Å². The monoisotopic (exact) mass is 428 g/mol. The molecule has 6 heteroatoms. The highest BCUT2D eigenvalue weighted by atomic mass is 35.5. The van der Waals surface area contributed by atoms with Crippen molar-refractivity contribution in [3.05, 3.63) is 59.1 Å². The Morgan fingerprint density at radius 2 is 1.57 bits per heavy atom. The summed E-state index contributed by atoms with van der Waals surface area (Å²) in [6, 6.07) is 14.7. The Balaban J connectivity index is 2.11. The van der Waals surface area contributed by atoms with Gasteiger partial charge in [0, 0.05) is 15.8 Å². The second-order valence-electron chi connectivity index (χ2n) is 7.26. The van der Waals surface area contributed by atoms with Gasteiger partial charge >= 0.3 is 5.97 Å². The minimum absolute atomic E-state index is 0.125. The number of methoxy groups -OCH3 is 2. The minimum atomic E-state index is -0.418. The van der Waals surface area contributed by atoms with Gasteiger partial charge in [0.2, 0.25) is 11.5 Å². The average Bonchev–Trinajstić information content (AvgIpc) is 2.73. The molecular weight excluding hydrogens is 404 g/mol. The van der Waals surface area contributed by atoms with Crippen molar-refractivity contribution in [1.29, 1.82) is 0 Å². The quantitative estimate of drug-likeness (QED) is 0.340. The van der Waals surface area contributed by atoms with E-state index in [4.69, 9.17) is 30.5 Å². The molecule has 0 aliphatic carbocycles. The van der Waals surface area contributed by atoms with E-state index in [1.165, 1.54) is 14.2 Å². The number of carbonyl (C=O) groups is 1.